The van der Waals surface area contributed by atoms with Crippen LogP contribution in [0, 0.1) is 5.82 Å². The number of thioether (sulfide) groups is 1. The van der Waals surface area contributed by atoms with E-state index >= 15 is 0 Å². The summed E-state index contributed by atoms with van der Waals surface area (Å²) in [6, 6.07) is 7.35. The first kappa shape index (κ1) is 16.5. The average Bonchev–Trinajstić information content (AvgIpc) is 3.21. The predicted molar refractivity (Wildman–Crippen MR) is 87.4 cm³/mol. The molecule has 0 unspecified atom stereocenters. The lowest BCUT2D eigenvalue weighted by atomic mass is 10.3. The van der Waals surface area contributed by atoms with Crippen LogP contribution in [0.1, 0.15) is 6.92 Å². The Hall–Kier alpha value is -2.32. The van der Waals surface area contributed by atoms with Gasteiger partial charge in [-0.1, -0.05) is 23.4 Å². The summed E-state index contributed by atoms with van der Waals surface area (Å²) < 4.78 is 23.7. The minimum Gasteiger partial charge on any atom is -0.459 e. The zero-order valence-corrected chi connectivity index (χ0v) is 13.9. The Bertz CT molecular complexity index is 854. The number of carbonyl (C=O) groups excluding carboxylic acids is 1. The van der Waals surface area contributed by atoms with Crippen molar-refractivity contribution in [3.8, 4) is 11.7 Å². The van der Waals surface area contributed by atoms with Crippen molar-refractivity contribution < 1.29 is 18.0 Å². The van der Waals surface area contributed by atoms with Gasteiger partial charge in [-0.25, -0.2) is 4.39 Å². The molecule has 1 aromatic carbocycles. The van der Waals surface area contributed by atoms with Crippen LogP contribution < -0.4 is 5.32 Å². The Balaban J connectivity index is 1.62. The van der Waals surface area contributed by atoms with Gasteiger partial charge in [-0.2, -0.15) is 0 Å². The van der Waals surface area contributed by atoms with Gasteiger partial charge in [0.2, 0.25) is 5.91 Å². The highest BCUT2D eigenvalue weighted by atomic mass is 35.5. The molecule has 0 aliphatic heterocycles. The first-order valence-corrected chi connectivity index (χ1v) is 8.08. The molecule has 1 amide bonds. The van der Waals surface area contributed by atoms with E-state index in [0.717, 1.165) is 11.8 Å². The van der Waals surface area contributed by atoms with Gasteiger partial charge in [0.15, 0.2) is 5.76 Å². The van der Waals surface area contributed by atoms with Gasteiger partial charge in [-0.05, 0) is 37.3 Å². The molecule has 0 aliphatic rings. The molecule has 2 heterocycles. The van der Waals surface area contributed by atoms with Gasteiger partial charge < -0.3 is 14.2 Å². The molecule has 3 aromatic rings. The highest BCUT2D eigenvalue weighted by molar-refractivity contribution is 8.00. The second-order valence-electron chi connectivity index (χ2n) is 4.73. The monoisotopic (exact) mass is 367 g/mol. The van der Waals surface area contributed by atoms with E-state index in [4.69, 9.17) is 20.4 Å². The zero-order chi connectivity index (χ0) is 17.1. The predicted octanol–water partition coefficient (Wildman–Crippen LogP) is 4.24. The fraction of sp³-hybridized carbons (Fsp3) is 0.133. The molecule has 2 aromatic heterocycles. The fourth-order valence-corrected chi connectivity index (χ4v) is 2.64. The Labute approximate surface area is 145 Å². The molecule has 0 bridgehead atoms. The third-order valence-corrected chi connectivity index (χ3v) is 4.20. The SMILES string of the molecule is C[C@@H](Sc1nnc(-c2ccco2)o1)C(=O)Nc1ccc(F)c(Cl)c1. The summed E-state index contributed by atoms with van der Waals surface area (Å²) in [7, 11) is 0. The highest BCUT2D eigenvalue weighted by Gasteiger charge is 2.19. The quantitative estimate of drug-likeness (QED) is 0.679. The number of anilines is 1. The number of hydrogen-bond donors (Lipinski definition) is 1. The standard InChI is InChI=1S/C15H11ClFN3O3S/c1-8(13(21)18-9-4-5-11(17)10(16)7-9)24-15-20-19-14(23-15)12-3-2-6-22-12/h2-8H,1H3,(H,18,21)/t8-/m1/s1. The molecule has 1 atom stereocenters. The molecule has 0 radical (unpaired) electrons. The molecule has 0 saturated heterocycles. The van der Waals surface area contributed by atoms with Crippen LogP contribution in [0.15, 0.2) is 50.7 Å². The lowest BCUT2D eigenvalue weighted by Gasteiger charge is -2.10. The lowest BCUT2D eigenvalue weighted by Crippen LogP contribution is -2.22. The first-order chi connectivity index (χ1) is 11.5. The van der Waals surface area contributed by atoms with Crippen LogP contribution in [-0.4, -0.2) is 21.4 Å². The molecule has 6 nitrogen and oxygen atoms in total. The maximum absolute atomic E-state index is 13.1. The summed E-state index contributed by atoms with van der Waals surface area (Å²) in [5, 5.41) is 10.0. The van der Waals surface area contributed by atoms with E-state index in [1.54, 1.807) is 19.1 Å². The molecular weight excluding hydrogens is 357 g/mol. The second-order valence-corrected chi connectivity index (χ2v) is 6.43. The molecule has 124 valence electrons. The minimum absolute atomic E-state index is 0.0619. The summed E-state index contributed by atoms with van der Waals surface area (Å²) in [6.45, 7) is 1.68. The van der Waals surface area contributed by atoms with Crippen LogP contribution in [0.3, 0.4) is 0 Å². The number of hydrogen-bond acceptors (Lipinski definition) is 6. The summed E-state index contributed by atoms with van der Waals surface area (Å²) in [5.41, 5.74) is 0.403. The number of rotatable bonds is 5. The van der Waals surface area contributed by atoms with E-state index < -0.39 is 11.1 Å². The van der Waals surface area contributed by atoms with Crippen molar-refractivity contribution in [3.05, 3.63) is 47.4 Å². The molecule has 0 spiro atoms. The van der Waals surface area contributed by atoms with Gasteiger partial charge in [-0.15, -0.1) is 10.2 Å². The molecule has 0 aliphatic carbocycles. The lowest BCUT2D eigenvalue weighted by molar-refractivity contribution is -0.115. The molecule has 0 fully saturated rings. The van der Waals surface area contributed by atoms with Gasteiger partial charge in [0, 0.05) is 5.69 Å². The maximum atomic E-state index is 13.1. The van der Waals surface area contributed by atoms with Crippen molar-refractivity contribution in [2.45, 2.75) is 17.4 Å². The van der Waals surface area contributed by atoms with E-state index in [1.165, 1.54) is 24.5 Å². The topological polar surface area (TPSA) is 81.2 Å². The van der Waals surface area contributed by atoms with E-state index in [-0.39, 0.29) is 22.0 Å². The third kappa shape index (κ3) is 3.77. The van der Waals surface area contributed by atoms with Crippen LogP contribution in [0.5, 0.6) is 0 Å². The number of carbonyl (C=O) groups is 1. The average molecular weight is 368 g/mol. The summed E-state index contributed by atoms with van der Waals surface area (Å²) >= 11 is 6.78. The fourth-order valence-electron chi connectivity index (χ4n) is 1.78. The Morgan fingerprint density at radius 1 is 1.38 bits per heavy atom. The number of nitrogens with zero attached hydrogens (tertiary/aromatic N) is 2. The smallest absolute Gasteiger partial charge is 0.284 e. The molecular formula is C15H11ClFN3O3S. The van der Waals surface area contributed by atoms with Gasteiger partial charge in [0.1, 0.15) is 5.82 Å². The Morgan fingerprint density at radius 2 is 2.21 bits per heavy atom. The maximum Gasteiger partial charge on any atom is 0.284 e. The number of furan rings is 1. The second kappa shape index (κ2) is 7.06. The van der Waals surface area contributed by atoms with E-state index in [9.17, 15) is 9.18 Å². The van der Waals surface area contributed by atoms with Crippen molar-refractivity contribution in [1.29, 1.82) is 0 Å². The van der Waals surface area contributed by atoms with Gasteiger partial charge in [0.05, 0.1) is 16.5 Å². The van der Waals surface area contributed by atoms with Crippen LogP contribution in [0.2, 0.25) is 5.02 Å². The zero-order valence-electron chi connectivity index (χ0n) is 12.3. The highest BCUT2D eigenvalue weighted by Crippen LogP contribution is 2.27. The summed E-state index contributed by atoms with van der Waals surface area (Å²) in [5.74, 6) is -0.165. The summed E-state index contributed by atoms with van der Waals surface area (Å²) in [4.78, 5) is 12.2. The van der Waals surface area contributed by atoms with Crippen molar-refractivity contribution >= 4 is 35.0 Å². The van der Waals surface area contributed by atoms with Crippen molar-refractivity contribution in [2.75, 3.05) is 5.32 Å². The number of amides is 1. The molecule has 0 saturated carbocycles. The number of nitrogens with one attached hydrogen (secondary N) is 1. The van der Waals surface area contributed by atoms with Crippen LogP contribution in [0.4, 0.5) is 10.1 Å². The van der Waals surface area contributed by atoms with Crippen LogP contribution in [-0.2, 0) is 4.79 Å². The number of aromatic nitrogens is 2. The van der Waals surface area contributed by atoms with Crippen LogP contribution >= 0.6 is 23.4 Å². The Morgan fingerprint density at radius 3 is 2.92 bits per heavy atom. The van der Waals surface area contributed by atoms with E-state index in [1.807, 2.05) is 0 Å². The summed E-state index contributed by atoms with van der Waals surface area (Å²) in [6.07, 6.45) is 1.50. The van der Waals surface area contributed by atoms with E-state index in [0.29, 0.717) is 11.4 Å². The molecule has 24 heavy (non-hydrogen) atoms. The molecule has 1 N–H and O–H groups in total. The largest absolute Gasteiger partial charge is 0.459 e. The van der Waals surface area contributed by atoms with Crippen molar-refractivity contribution in [3.63, 3.8) is 0 Å². The van der Waals surface area contributed by atoms with Crippen molar-refractivity contribution in [2.24, 2.45) is 0 Å². The minimum atomic E-state index is -0.548. The molecule has 9 heteroatoms. The normalized spacial score (nSPS) is 12.1. The van der Waals surface area contributed by atoms with Gasteiger partial charge >= 0.3 is 0 Å². The number of halogens is 2. The van der Waals surface area contributed by atoms with Crippen LogP contribution in [0.25, 0.3) is 11.7 Å². The Kier molecular flexibility index (Phi) is 4.86. The third-order valence-electron chi connectivity index (χ3n) is 2.97. The molecule has 3 rings (SSSR count). The van der Waals surface area contributed by atoms with E-state index in [2.05, 4.69) is 15.5 Å². The first-order valence-electron chi connectivity index (χ1n) is 6.83. The number of benzene rings is 1. The van der Waals surface area contributed by atoms with Gasteiger partial charge in [-0.3, -0.25) is 4.79 Å². The van der Waals surface area contributed by atoms with Gasteiger partial charge in [0.25, 0.3) is 11.1 Å². The van der Waals surface area contributed by atoms with Crippen molar-refractivity contribution in [1.82, 2.24) is 10.2 Å².